The van der Waals surface area contributed by atoms with E-state index in [2.05, 4.69) is 189 Å². The van der Waals surface area contributed by atoms with Crippen LogP contribution in [0.1, 0.15) is 78.5 Å². The number of benzene rings is 7. The van der Waals surface area contributed by atoms with Crippen molar-refractivity contribution in [3.63, 3.8) is 0 Å². The van der Waals surface area contributed by atoms with Gasteiger partial charge in [0.05, 0.1) is 16.8 Å². The third kappa shape index (κ3) is 5.09. The molecule has 0 aliphatic carbocycles. The van der Waals surface area contributed by atoms with Crippen LogP contribution in [0.5, 0.6) is 0 Å². The topological polar surface area (TPSA) is 3.24 Å². The second-order valence-electron chi connectivity index (χ2n) is 14.9. The SMILES string of the molecule is CCC/C=C1\c2ccccc2Sc2cc(-c3ccc(N4c5ccccc5C5(c6ccccc6Sc6ccc(C(C)C)cc65)c5ccccc54)cc3)ccc21. The fraction of sp³-hybridized carbons (Fsp3) is 0.137. The number of unbranched alkanes of at least 4 members (excludes halogenated alkanes) is 1. The predicted octanol–water partition coefficient (Wildman–Crippen LogP) is 14.8. The van der Waals surface area contributed by atoms with Crippen molar-refractivity contribution >= 4 is 46.2 Å². The number of nitrogens with zero attached hydrogens (tertiary/aromatic N) is 1. The maximum Gasteiger partial charge on any atom is 0.0764 e. The van der Waals surface area contributed by atoms with Gasteiger partial charge in [0.1, 0.15) is 0 Å². The molecule has 0 unspecified atom stereocenters. The molecule has 3 aliphatic rings. The number of fused-ring (bicyclic) bond motifs is 10. The molecule has 1 spiro atoms. The van der Waals surface area contributed by atoms with E-state index < -0.39 is 5.41 Å². The summed E-state index contributed by atoms with van der Waals surface area (Å²) in [7, 11) is 0. The number of rotatable bonds is 5. The Morgan fingerprint density at radius 2 is 1.13 bits per heavy atom. The predicted molar refractivity (Wildman–Crippen MR) is 229 cm³/mol. The van der Waals surface area contributed by atoms with E-state index in [0.717, 1.165) is 18.5 Å². The second kappa shape index (κ2) is 13.3. The van der Waals surface area contributed by atoms with E-state index >= 15 is 0 Å². The summed E-state index contributed by atoms with van der Waals surface area (Å²) in [6.45, 7) is 6.86. The molecule has 54 heavy (non-hydrogen) atoms. The van der Waals surface area contributed by atoms with E-state index in [1.165, 1.54) is 86.6 Å². The maximum absolute atomic E-state index is 2.50. The van der Waals surface area contributed by atoms with Crippen LogP contribution in [-0.4, -0.2) is 0 Å². The first-order valence-corrected chi connectivity index (χ1v) is 20.8. The van der Waals surface area contributed by atoms with E-state index in [9.17, 15) is 0 Å². The molecule has 0 saturated heterocycles. The van der Waals surface area contributed by atoms with Gasteiger partial charge in [-0.1, -0.05) is 166 Å². The Morgan fingerprint density at radius 1 is 0.537 bits per heavy atom. The van der Waals surface area contributed by atoms with E-state index in [1.807, 2.05) is 23.5 Å². The van der Waals surface area contributed by atoms with Gasteiger partial charge in [0.2, 0.25) is 0 Å². The largest absolute Gasteiger partial charge is 0.310 e. The molecule has 7 aromatic carbocycles. The first-order valence-electron chi connectivity index (χ1n) is 19.2. The van der Waals surface area contributed by atoms with Crippen molar-refractivity contribution in [3.8, 4) is 11.1 Å². The molecule has 3 aliphatic heterocycles. The van der Waals surface area contributed by atoms with Crippen LogP contribution in [0.2, 0.25) is 0 Å². The summed E-state index contributed by atoms with van der Waals surface area (Å²) >= 11 is 3.80. The van der Waals surface area contributed by atoms with Crippen LogP contribution in [0.4, 0.5) is 17.1 Å². The fourth-order valence-electron chi connectivity index (χ4n) is 8.88. The quantitative estimate of drug-likeness (QED) is 0.174. The van der Waals surface area contributed by atoms with E-state index in [1.54, 1.807) is 0 Å². The van der Waals surface area contributed by atoms with Gasteiger partial charge in [0.15, 0.2) is 0 Å². The number of anilines is 3. The van der Waals surface area contributed by atoms with Crippen molar-refractivity contribution in [1.82, 2.24) is 0 Å². The van der Waals surface area contributed by atoms with Crippen LogP contribution < -0.4 is 4.90 Å². The molecule has 0 atom stereocenters. The van der Waals surface area contributed by atoms with Gasteiger partial charge >= 0.3 is 0 Å². The molecular formula is C51H41NS2. The summed E-state index contributed by atoms with van der Waals surface area (Å²) in [5.41, 5.74) is 16.4. The Hall–Kier alpha value is -5.22. The first kappa shape index (κ1) is 33.4. The first-order chi connectivity index (χ1) is 26.6. The van der Waals surface area contributed by atoms with Gasteiger partial charge in [-0.2, -0.15) is 0 Å². The normalized spacial score (nSPS) is 15.3. The van der Waals surface area contributed by atoms with Crippen molar-refractivity contribution in [2.75, 3.05) is 4.90 Å². The minimum absolute atomic E-state index is 0.433. The lowest BCUT2D eigenvalue weighted by atomic mass is 9.62. The minimum Gasteiger partial charge on any atom is -0.310 e. The van der Waals surface area contributed by atoms with Crippen molar-refractivity contribution < 1.29 is 0 Å². The van der Waals surface area contributed by atoms with Gasteiger partial charge in [0, 0.05) is 25.3 Å². The Bertz CT molecular complexity index is 2570. The summed E-state index contributed by atoms with van der Waals surface area (Å²) in [5.74, 6) is 0.433. The zero-order chi connectivity index (χ0) is 36.4. The van der Waals surface area contributed by atoms with Crippen LogP contribution in [0.25, 0.3) is 16.7 Å². The van der Waals surface area contributed by atoms with Crippen molar-refractivity contribution in [1.29, 1.82) is 0 Å². The van der Waals surface area contributed by atoms with Crippen molar-refractivity contribution in [2.24, 2.45) is 0 Å². The zero-order valence-corrected chi connectivity index (χ0v) is 32.5. The monoisotopic (exact) mass is 731 g/mol. The van der Waals surface area contributed by atoms with Crippen LogP contribution in [0.3, 0.4) is 0 Å². The molecule has 3 heteroatoms. The molecule has 0 saturated carbocycles. The van der Waals surface area contributed by atoms with Gasteiger partial charge in [-0.3, -0.25) is 0 Å². The Labute approximate surface area is 327 Å². The van der Waals surface area contributed by atoms with Crippen molar-refractivity contribution in [3.05, 3.63) is 203 Å². The number of para-hydroxylation sites is 2. The second-order valence-corrected chi connectivity index (χ2v) is 17.1. The number of hydrogen-bond donors (Lipinski definition) is 0. The summed E-state index contributed by atoms with van der Waals surface area (Å²) in [6, 6.07) is 59.6. The molecule has 10 rings (SSSR count). The zero-order valence-electron chi connectivity index (χ0n) is 30.8. The lowest BCUT2D eigenvalue weighted by Crippen LogP contribution is -2.39. The molecule has 0 N–H and O–H groups in total. The highest BCUT2D eigenvalue weighted by molar-refractivity contribution is 7.99. The molecule has 3 heterocycles. The van der Waals surface area contributed by atoms with Crippen LogP contribution in [0, 0.1) is 0 Å². The molecule has 1 nitrogen and oxygen atoms in total. The fourth-order valence-corrected chi connectivity index (χ4v) is 11.2. The van der Waals surface area contributed by atoms with Crippen LogP contribution in [0.15, 0.2) is 183 Å². The molecule has 0 aromatic heterocycles. The molecule has 0 fully saturated rings. The highest BCUT2D eigenvalue weighted by Crippen LogP contribution is 2.63. The molecule has 0 radical (unpaired) electrons. The maximum atomic E-state index is 2.50. The van der Waals surface area contributed by atoms with Crippen LogP contribution in [-0.2, 0) is 5.41 Å². The number of allylic oxidation sites excluding steroid dienone is 1. The molecule has 7 aromatic rings. The molecule has 0 bridgehead atoms. The molecular weight excluding hydrogens is 691 g/mol. The highest BCUT2D eigenvalue weighted by atomic mass is 32.2. The number of hydrogen-bond acceptors (Lipinski definition) is 3. The third-order valence-electron chi connectivity index (χ3n) is 11.4. The van der Waals surface area contributed by atoms with E-state index in [4.69, 9.17) is 0 Å². The van der Waals surface area contributed by atoms with Gasteiger partial charge in [-0.25, -0.2) is 0 Å². The molecule has 0 amide bonds. The minimum atomic E-state index is -0.449. The Kier molecular flexibility index (Phi) is 8.19. The van der Waals surface area contributed by atoms with Crippen LogP contribution >= 0.6 is 23.5 Å². The van der Waals surface area contributed by atoms with Gasteiger partial charge in [0.25, 0.3) is 0 Å². The summed E-state index contributed by atoms with van der Waals surface area (Å²) in [5, 5.41) is 0. The van der Waals surface area contributed by atoms with Gasteiger partial charge in [-0.15, -0.1) is 0 Å². The summed E-state index contributed by atoms with van der Waals surface area (Å²) < 4.78 is 0. The summed E-state index contributed by atoms with van der Waals surface area (Å²) in [6.07, 6.45) is 4.65. The smallest absolute Gasteiger partial charge is 0.0764 e. The van der Waals surface area contributed by atoms with Gasteiger partial charge < -0.3 is 4.90 Å². The Morgan fingerprint density at radius 3 is 1.85 bits per heavy atom. The van der Waals surface area contributed by atoms with Crippen molar-refractivity contribution in [2.45, 2.75) is 64.5 Å². The highest BCUT2D eigenvalue weighted by Gasteiger charge is 2.50. The lowest BCUT2D eigenvalue weighted by molar-refractivity contribution is 0.687. The standard InChI is InChI=1S/C51H41NS2/c1-4-5-14-38-39-15-6-12-21-47(39)53-50-32-36(25-29-40(38)50)34-23-27-37(28-24-34)52-45-19-10-7-16-41(45)51(42-17-8-11-20-46(42)52)43-18-9-13-22-48(43)54-49-30-26-35(33(2)3)31-44(49)51/h6-33H,4-5H2,1-3H3/b38-14+. The average Bonchev–Trinajstić information content (AvgIpc) is 3.22. The van der Waals surface area contributed by atoms with E-state index in [0.29, 0.717) is 5.92 Å². The Balaban J connectivity index is 1.10. The summed E-state index contributed by atoms with van der Waals surface area (Å²) in [4.78, 5) is 7.81. The average molecular weight is 732 g/mol. The van der Waals surface area contributed by atoms with E-state index in [-0.39, 0.29) is 0 Å². The third-order valence-corrected chi connectivity index (χ3v) is 13.7. The molecule has 262 valence electrons. The lowest BCUT2D eigenvalue weighted by Gasteiger charge is -2.49. The van der Waals surface area contributed by atoms with Gasteiger partial charge in [-0.05, 0) is 117 Å².